The Labute approximate surface area is 104 Å². The topological polar surface area (TPSA) is 38.4 Å². The Kier molecular flexibility index (Phi) is 4.38. The van der Waals surface area contributed by atoms with Crippen molar-refractivity contribution in [2.24, 2.45) is 16.6 Å². The summed E-state index contributed by atoms with van der Waals surface area (Å²) in [5.41, 5.74) is 7.14. The van der Waals surface area contributed by atoms with Crippen LogP contribution in [0.15, 0.2) is 40.2 Å². The van der Waals surface area contributed by atoms with E-state index >= 15 is 0 Å². The summed E-state index contributed by atoms with van der Waals surface area (Å²) in [5, 5.41) is 0. The molecule has 2 nitrogen and oxygen atoms in total. The predicted octanol–water partition coefficient (Wildman–Crippen LogP) is 3.24. The molecular formula is C11H12ClFN2S. The van der Waals surface area contributed by atoms with E-state index in [-0.39, 0.29) is 22.0 Å². The first-order valence-electron chi connectivity index (χ1n) is 4.71. The van der Waals surface area contributed by atoms with Gasteiger partial charge >= 0.3 is 0 Å². The highest BCUT2D eigenvalue weighted by Gasteiger charge is 2.11. The van der Waals surface area contributed by atoms with E-state index in [4.69, 9.17) is 17.3 Å². The van der Waals surface area contributed by atoms with Gasteiger partial charge in [-0.2, -0.15) is 0 Å². The van der Waals surface area contributed by atoms with E-state index in [2.05, 4.69) is 17.2 Å². The molecule has 1 rings (SSSR count). The van der Waals surface area contributed by atoms with E-state index in [0.717, 1.165) is 5.57 Å². The predicted molar refractivity (Wildman–Crippen MR) is 70.3 cm³/mol. The first-order chi connectivity index (χ1) is 7.40. The number of hydrogen-bond acceptors (Lipinski definition) is 1. The molecule has 0 heterocycles. The van der Waals surface area contributed by atoms with Gasteiger partial charge in [-0.3, -0.25) is 0 Å². The second kappa shape index (κ2) is 5.37. The van der Waals surface area contributed by atoms with Gasteiger partial charge in [0.25, 0.3) is 0 Å². The van der Waals surface area contributed by atoms with Crippen molar-refractivity contribution in [3.05, 3.63) is 35.2 Å². The average molecular weight is 259 g/mol. The molecule has 1 aliphatic carbocycles. The van der Waals surface area contributed by atoms with Crippen LogP contribution in [0.3, 0.4) is 0 Å². The lowest BCUT2D eigenvalue weighted by Gasteiger charge is -2.05. The Hall–Kier alpha value is -1.000. The number of nitrogens with zero attached hydrogens (tertiary/aromatic N) is 1. The zero-order valence-electron chi connectivity index (χ0n) is 9.00. The van der Waals surface area contributed by atoms with Crippen LogP contribution in [0.25, 0.3) is 0 Å². The maximum atomic E-state index is 13.4. The fourth-order valence-corrected chi connectivity index (χ4v) is 1.48. The lowest BCUT2D eigenvalue weighted by Crippen LogP contribution is -2.15. The largest absolute Gasteiger partial charge is 0.383 e. The first kappa shape index (κ1) is 13.1. The Morgan fingerprint density at radius 1 is 1.56 bits per heavy atom. The molecule has 0 aromatic rings. The molecule has 0 spiro atoms. The van der Waals surface area contributed by atoms with Gasteiger partial charge in [0.2, 0.25) is 0 Å². The number of hydrogen-bond donors (Lipinski definition) is 1. The third kappa shape index (κ3) is 3.54. The first-order valence-corrected chi connectivity index (χ1v) is 5.50. The van der Waals surface area contributed by atoms with E-state index in [9.17, 15) is 4.39 Å². The van der Waals surface area contributed by atoms with Crippen LogP contribution >= 0.6 is 23.8 Å². The lowest BCUT2D eigenvalue weighted by molar-refractivity contribution is 0.650. The highest BCUT2D eigenvalue weighted by Crippen LogP contribution is 2.22. The van der Waals surface area contributed by atoms with Crippen molar-refractivity contribution in [1.82, 2.24) is 0 Å². The molecule has 0 saturated heterocycles. The molecule has 0 bridgehead atoms. The molecule has 5 heteroatoms. The van der Waals surface area contributed by atoms with Crippen molar-refractivity contribution in [2.45, 2.75) is 13.8 Å². The number of nitrogens with two attached hydrogens (primary N) is 1. The third-order valence-electron chi connectivity index (χ3n) is 2.31. The maximum Gasteiger partial charge on any atom is 0.195 e. The molecule has 1 aliphatic rings. The van der Waals surface area contributed by atoms with Crippen LogP contribution < -0.4 is 5.73 Å². The minimum atomic E-state index is -0.339. The molecule has 0 aromatic heterocycles. The summed E-state index contributed by atoms with van der Waals surface area (Å²) in [6.07, 6.45) is 4.62. The number of rotatable bonds is 1. The Bertz CT molecular complexity index is 435. The summed E-state index contributed by atoms with van der Waals surface area (Å²) in [6, 6.07) is 0. The van der Waals surface area contributed by atoms with Gasteiger partial charge in [0.15, 0.2) is 4.45 Å². The summed E-state index contributed by atoms with van der Waals surface area (Å²) in [5.74, 6) is -0.184. The second-order valence-corrected chi connectivity index (χ2v) is 4.55. The minimum Gasteiger partial charge on any atom is -0.383 e. The van der Waals surface area contributed by atoms with E-state index in [0.29, 0.717) is 5.57 Å². The molecule has 16 heavy (non-hydrogen) atoms. The SMILES string of the molecule is CC1=CC(C(N)=NC(=S)Cl)=CC(F)=CC1C. The van der Waals surface area contributed by atoms with Gasteiger partial charge < -0.3 is 5.73 Å². The summed E-state index contributed by atoms with van der Waals surface area (Å²) in [7, 11) is 0. The van der Waals surface area contributed by atoms with Gasteiger partial charge in [0.1, 0.15) is 11.7 Å². The Morgan fingerprint density at radius 3 is 2.75 bits per heavy atom. The standard InChI is InChI=1S/C11H12ClFN2S/c1-6-3-8(10(14)15-11(12)16)5-9(13)4-7(6)2/h3-5,7H,1-2H3,(H2,14,15,16). The summed E-state index contributed by atoms with van der Waals surface area (Å²) < 4.78 is 13.3. The number of halogens is 2. The van der Waals surface area contributed by atoms with Crippen molar-refractivity contribution in [2.75, 3.05) is 0 Å². The molecule has 0 aromatic carbocycles. The molecule has 2 N–H and O–H groups in total. The van der Waals surface area contributed by atoms with Gasteiger partial charge in [0, 0.05) is 5.57 Å². The van der Waals surface area contributed by atoms with Crippen LogP contribution in [0.2, 0.25) is 0 Å². The van der Waals surface area contributed by atoms with Crippen molar-refractivity contribution in [3.63, 3.8) is 0 Å². The molecular weight excluding hydrogens is 247 g/mol. The van der Waals surface area contributed by atoms with Gasteiger partial charge in [-0.25, -0.2) is 9.38 Å². The monoisotopic (exact) mass is 258 g/mol. The van der Waals surface area contributed by atoms with Crippen molar-refractivity contribution in [1.29, 1.82) is 0 Å². The summed E-state index contributed by atoms with van der Waals surface area (Å²) in [6.45, 7) is 3.81. The van der Waals surface area contributed by atoms with Gasteiger partial charge in [-0.1, -0.05) is 18.6 Å². The van der Waals surface area contributed by atoms with Crippen LogP contribution in [0.4, 0.5) is 4.39 Å². The summed E-state index contributed by atoms with van der Waals surface area (Å²) in [4.78, 5) is 3.72. The van der Waals surface area contributed by atoms with Gasteiger partial charge in [-0.15, -0.1) is 0 Å². The van der Waals surface area contributed by atoms with E-state index in [1.165, 1.54) is 12.2 Å². The van der Waals surface area contributed by atoms with Crippen LogP contribution in [0.5, 0.6) is 0 Å². The molecule has 0 radical (unpaired) electrons. The van der Waals surface area contributed by atoms with Crippen LogP contribution in [-0.2, 0) is 0 Å². The van der Waals surface area contributed by atoms with Gasteiger partial charge in [-0.05, 0) is 48.8 Å². The number of thiocarbonyl (C=S) groups is 1. The highest BCUT2D eigenvalue weighted by molar-refractivity contribution is 7.83. The van der Waals surface area contributed by atoms with Crippen molar-refractivity contribution < 1.29 is 4.39 Å². The van der Waals surface area contributed by atoms with Crippen LogP contribution in [0.1, 0.15) is 13.8 Å². The zero-order valence-corrected chi connectivity index (χ0v) is 10.6. The number of allylic oxidation sites excluding steroid dienone is 4. The Balaban J connectivity index is 3.14. The van der Waals surface area contributed by atoms with E-state index in [1.807, 2.05) is 13.8 Å². The third-order valence-corrected chi connectivity index (χ3v) is 2.48. The molecule has 0 aliphatic heterocycles. The zero-order chi connectivity index (χ0) is 12.3. The number of amidine groups is 1. The van der Waals surface area contributed by atoms with Crippen LogP contribution in [0, 0.1) is 5.92 Å². The number of aliphatic imine (C=N–C) groups is 1. The van der Waals surface area contributed by atoms with Gasteiger partial charge in [0.05, 0.1) is 0 Å². The molecule has 86 valence electrons. The average Bonchev–Trinajstić information content (AvgIpc) is 2.25. The molecule has 0 saturated carbocycles. The second-order valence-electron chi connectivity index (χ2n) is 3.58. The van der Waals surface area contributed by atoms with E-state index < -0.39 is 0 Å². The highest BCUT2D eigenvalue weighted by atomic mass is 35.5. The summed E-state index contributed by atoms with van der Waals surface area (Å²) >= 11 is 10.0. The normalized spacial score (nSPS) is 21.9. The van der Waals surface area contributed by atoms with Crippen molar-refractivity contribution >= 4 is 34.1 Å². The molecule has 1 atom stereocenters. The fourth-order valence-electron chi connectivity index (χ4n) is 1.29. The minimum absolute atomic E-state index is 0.0319. The lowest BCUT2D eigenvalue weighted by atomic mass is 10.0. The maximum absolute atomic E-state index is 13.4. The van der Waals surface area contributed by atoms with Crippen LogP contribution in [-0.4, -0.2) is 10.3 Å². The molecule has 1 unspecified atom stereocenters. The fraction of sp³-hybridized carbons (Fsp3) is 0.273. The Morgan fingerprint density at radius 2 is 2.19 bits per heavy atom. The quantitative estimate of drug-likeness (QED) is 0.258. The van der Waals surface area contributed by atoms with Crippen molar-refractivity contribution in [3.8, 4) is 0 Å². The van der Waals surface area contributed by atoms with E-state index in [1.54, 1.807) is 6.08 Å². The molecule has 0 fully saturated rings. The smallest absolute Gasteiger partial charge is 0.195 e. The molecule has 0 amide bonds.